The highest BCUT2D eigenvalue weighted by atomic mass is 32.2. The average Bonchev–Trinajstić information content (AvgIpc) is 2.77. The van der Waals surface area contributed by atoms with Crippen molar-refractivity contribution >= 4 is 21.6 Å². The van der Waals surface area contributed by atoms with E-state index in [-0.39, 0.29) is 17.2 Å². The van der Waals surface area contributed by atoms with E-state index in [1.807, 2.05) is 47.4 Å². The van der Waals surface area contributed by atoms with Crippen LogP contribution in [-0.4, -0.2) is 55.2 Å². The number of carbonyl (C=O) groups excluding carboxylic acids is 1. The molecule has 1 aliphatic carbocycles. The lowest BCUT2D eigenvalue weighted by Crippen LogP contribution is -2.53. The van der Waals surface area contributed by atoms with Gasteiger partial charge < -0.3 is 9.80 Å². The number of hydrogen-bond donors (Lipinski definition) is 0. The molecule has 0 spiro atoms. The van der Waals surface area contributed by atoms with E-state index in [4.69, 9.17) is 0 Å². The average molecular weight is 456 g/mol. The predicted octanol–water partition coefficient (Wildman–Crippen LogP) is 3.63. The van der Waals surface area contributed by atoms with Crippen molar-refractivity contribution in [1.82, 2.24) is 9.21 Å². The highest BCUT2D eigenvalue weighted by molar-refractivity contribution is 7.88. The second-order valence-corrected chi connectivity index (χ2v) is 11.2. The molecule has 2 aliphatic rings. The monoisotopic (exact) mass is 455 g/mol. The standard InChI is InChI=1S/C25H33N3O3S/c1-21(29)26-15-17-27(18-16-26)24-11-9-22(10-12-24)19-28(25(2)13-6-14-25)32(30,31)20-23-7-4-3-5-8-23/h3-5,7-12H,6,13-20H2,1-2H3. The van der Waals surface area contributed by atoms with Crippen molar-refractivity contribution in [2.45, 2.75) is 50.9 Å². The Bertz CT molecular complexity index is 1030. The van der Waals surface area contributed by atoms with Crippen LogP contribution in [0.25, 0.3) is 0 Å². The number of rotatable bonds is 7. The van der Waals surface area contributed by atoms with Crippen LogP contribution in [0, 0.1) is 0 Å². The zero-order valence-electron chi connectivity index (χ0n) is 19.0. The fraction of sp³-hybridized carbons (Fsp3) is 0.480. The number of nitrogens with zero attached hydrogens (tertiary/aromatic N) is 3. The van der Waals surface area contributed by atoms with Gasteiger partial charge >= 0.3 is 0 Å². The van der Waals surface area contributed by atoms with Crippen molar-refractivity contribution in [3.63, 3.8) is 0 Å². The van der Waals surface area contributed by atoms with E-state index in [1.54, 1.807) is 11.2 Å². The molecule has 1 aliphatic heterocycles. The third-order valence-electron chi connectivity index (χ3n) is 6.91. The number of hydrogen-bond acceptors (Lipinski definition) is 4. The van der Waals surface area contributed by atoms with Crippen molar-refractivity contribution in [1.29, 1.82) is 0 Å². The van der Waals surface area contributed by atoms with E-state index in [0.29, 0.717) is 6.54 Å². The molecule has 1 saturated carbocycles. The van der Waals surface area contributed by atoms with Gasteiger partial charge in [0.15, 0.2) is 0 Å². The van der Waals surface area contributed by atoms with Crippen LogP contribution in [0.15, 0.2) is 54.6 Å². The summed E-state index contributed by atoms with van der Waals surface area (Å²) in [5.74, 6) is 0.156. The van der Waals surface area contributed by atoms with Crippen molar-refractivity contribution in [3.05, 3.63) is 65.7 Å². The molecule has 2 aromatic rings. The summed E-state index contributed by atoms with van der Waals surface area (Å²) >= 11 is 0. The Morgan fingerprint density at radius 3 is 2.09 bits per heavy atom. The SMILES string of the molecule is CC(=O)N1CCN(c2ccc(CN(C3(C)CCC3)S(=O)(=O)Cc3ccccc3)cc2)CC1. The molecule has 0 radical (unpaired) electrons. The summed E-state index contributed by atoms with van der Waals surface area (Å²) in [5.41, 5.74) is 2.63. The minimum absolute atomic E-state index is 0.0297. The topological polar surface area (TPSA) is 60.9 Å². The molecule has 1 saturated heterocycles. The second-order valence-electron chi connectivity index (χ2n) is 9.26. The van der Waals surface area contributed by atoms with Crippen LogP contribution in [0.4, 0.5) is 5.69 Å². The number of sulfonamides is 1. The molecule has 4 rings (SSSR count). The van der Waals surface area contributed by atoms with Crippen molar-refractivity contribution in [2.75, 3.05) is 31.1 Å². The maximum Gasteiger partial charge on any atom is 0.219 e. The number of anilines is 1. The Labute approximate surface area is 191 Å². The molecule has 2 fully saturated rings. The lowest BCUT2D eigenvalue weighted by molar-refractivity contribution is -0.129. The van der Waals surface area contributed by atoms with E-state index in [0.717, 1.165) is 62.3 Å². The van der Waals surface area contributed by atoms with E-state index in [1.165, 1.54) is 0 Å². The zero-order chi connectivity index (χ0) is 22.8. The first-order valence-corrected chi connectivity index (χ1v) is 13.0. The summed E-state index contributed by atoms with van der Waals surface area (Å²) in [6.07, 6.45) is 2.87. The lowest BCUT2D eigenvalue weighted by atomic mass is 9.78. The highest BCUT2D eigenvalue weighted by Crippen LogP contribution is 2.40. The highest BCUT2D eigenvalue weighted by Gasteiger charge is 2.44. The molecule has 172 valence electrons. The van der Waals surface area contributed by atoms with Gasteiger partial charge in [-0.15, -0.1) is 0 Å². The van der Waals surface area contributed by atoms with E-state index in [9.17, 15) is 13.2 Å². The second kappa shape index (κ2) is 9.24. The van der Waals surface area contributed by atoms with Gasteiger partial charge in [0.05, 0.1) is 5.75 Å². The van der Waals surface area contributed by atoms with Gasteiger partial charge in [0.25, 0.3) is 0 Å². The molecule has 0 unspecified atom stereocenters. The van der Waals surface area contributed by atoms with Crippen molar-refractivity contribution < 1.29 is 13.2 Å². The molecule has 7 heteroatoms. The Balaban J connectivity index is 1.48. The van der Waals surface area contributed by atoms with Crippen LogP contribution >= 0.6 is 0 Å². The lowest BCUT2D eigenvalue weighted by Gasteiger charge is -2.47. The number of amides is 1. The van der Waals surface area contributed by atoms with Gasteiger partial charge in [-0.2, -0.15) is 4.31 Å². The predicted molar refractivity (Wildman–Crippen MR) is 128 cm³/mol. The van der Waals surface area contributed by atoms with Gasteiger partial charge in [-0.25, -0.2) is 8.42 Å². The quantitative estimate of drug-likeness (QED) is 0.640. The fourth-order valence-electron chi connectivity index (χ4n) is 4.68. The maximum atomic E-state index is 13.4. The Morgan fingerprint density at radius 1 is 0.938 bits per heavy atom. The molecule has 1 heterocycles. The van der Waals surface area contributed by atoms with Gasteiger partial charge in [-0.3, -0.25) is 4.79 Å². The maximum absolute atomic E-state index is 13.4. The minimum Gasteiger partial charge on any atom is -0.368 e. The summed E-state index contributed by atoms with van der Waals surface area (Å²) in [4.78, 5) is 15.7. The molecule has 0 N–H and O–H groups in total. The third kappa shape index (κ3) is 4.99. The first kappa shape index (κ1) is 22.8. The Hall–Kier alpha value is -2.38. The van der Waals surface area contributed by atoms with Gasteiger partial charge in [0.2, 0.25) is 15.9 Å². The Morgan fingerprint density at radius 2 is 1.56 bits per heavy atom. The fourth-order valence-corrected chi connectivity index (χ4v) is 6.65. The molecule has 6 nitrogen and oxygen atoms in total. The number of carbonyl (C=O) groups is 1. The third-order valence-corrected chi connectivity index (χ3v) is 8.85. The largest absolute Gasteiger partial charge is 0.368 e. The summed E-state index contributed by atoms with van der Waals surface area (Å²) < 4.78 is 28.6. The van der Waals surface area contributed by atoms with Gasteiger partial charge in [-0.1, -0.05) is 42.5 Å². The Kier molecular flexibility index (Phi) is 6.58. The molecule has 0 atom stereocenters. The smallest absolute Gasteiger partial charge is 0.219 e. The van der Waals surface area contributed by atoms with Crippen LogP contribution in [0.3, 0.4) is 0 Å². The van der Waals surface area contributed by atoms with Gasteiger partial charge in [0.1, 0.15) is 0 Å². The summed E-state index contributed by atoms with van der Waals surface area (Å²) in [6.45, 7) is 7.18. The first-order chi connectivity index (χ1) is 15.3. The summed E-state index contributed by atoms with van der Waals surface area (Å²) in [7, 11) is -3.45. The number of benzene rings is 2. The molecular weight excluding hydrogens is 422 g/mol. The van der Waals surface area contributed by atoms with Gasteiger partial charge in [0, 0.05) is 50.9 Å². The van der Waals surface area contributed by atoms with Crippen LogP contribution in [-0.2, 0) is 27.1 Å². The molecule has 0 bridgehead atoms. The summed E-state index contributed by atoms with van der Waals surface area (Å²) in [5, 5.41) is 0. The van der Waals surface area contributed by atoms with Crippen LogP contribution in [0.5, 0.6) is 0 Å². The van der Waals surface area contributed by atoms with Crippen molar-refractivity contribution in [2.24, 2.45) is 0 Å². The first-order valence-electron chi connectivity index (χ1n) is 11.4. The molecule has 2 aromatic carbocycles. The van der Waals surface area contributed by atoms with Crippen molar-refractivity contribution in [3.8, 4) is 0 Å². The zero-order valence-corrected chi connectivity index (χ0v) is 19.9. The molecule has 1 amide bonds. The number of piperazine rings is 1. The van der Waals surface area contributed by atoms with E-state index < -0.39 is 10.0 Å². The normalized spacial score (nSPS) is 18.5. The molecule has 32 heavy (non-hydrogen) atoms. The summed E-state index contributed by atoms with van der Waals surface area (Å²) in [6, 6.07) is 17.7. The molecular formula is C25H33N3O3S. The van der Waals surface area contributed by atoms with Gasteiger partial charge in [-0.05, 0) is 49.4 Å². The van der Waals surface area contributed by atoms with Crippen LogP contribution in [0.1, 0.15) is 44.2 Å². The molecule has 0 aromatic heterocycles. The van der Waals surface area contributed by atoms with Crippen LogP contribution < -0.4 is 4.90 Å². The van der Waals surface area contributed by atoms with Crippen LogP contribution in [0.2, 0.25) is 0 Å². The minimum atomic E-state index is -3.45. The van der Waals surface area contributed by atoms with E-state index in [2.05, 4.69) is 24.0 Å². The van der Waals surface area contributed by atoms with E-state index >= 15 is 0 Å².